The number of aromatic nitrogens is 2. The zero-order valence-corrected chi connectivity index (χ0v) is 19.2. The topological polar surface area (TPSA) is 92.6 Å². The van der Waals surface area contributed by atoms with Crippen LogP contribution in [0, 0.1) is 6.92 Å². The van der Waals surface area contributed by atoms with Crippen molar-refractivity contribution in [3.05, 3.63) is 59.5 Å². The molecule has 1 N–H and O–H groups in total. The molecule has 0 aliphatic rings. The molecule has 0 spiro atoms. The van der Waals surface area contributed by atoms with Crippen LogP contribution in [0.1, 0.15) is 36.8 Å². The number of pyridine rings is 1. The van der Waals surface area contributed by atoms with Crippen molar-refractivity contribution >= 4 is 29.6 Å². The number of oxazole rings is 1. The van der Waals surface area contributed by atoms with Crippen molar-refractivity contribution in [2.45, 2.75) is 31.9 Å². The van der Waals surface area contributed by atoms with Gasteiger partial charge in [-0.1, -0.05) is 6.08 Å². The lowest BCUT2D eigenvalue weighted by atomic mass is 10.2. The zero-order valence-electron chi connectivity index (χ0n) is 18.4. The van der Waals surface area contributed by atoms with E-state index in [1.54, 1.807) is 20.0 Å². The van der Waals surface area contributed by atoms with E-state index in [1.807, 2.05) is 62.3 Å². The van der Waals surface area contributed by atoms with E-state index in [1.165, 1.54) is 11.8 Å². The molecule has 3 aromatic heterocycles. The van der Waals surface area contributed by atoms with Crippen LogP contribution >= 0.6 is 11.8 Å². The van der Waals surface area contributed by atoms with Crippen LogP contribution in [0.25, 0.3) is 17.5 Å². The molecule has 0 amide bonds. The highest BCUT2D eigenvalue weighted by Crippen LogP contribution is 2.26. The third-order valence-electron chi connectivity index (χ3n) is 4.71. The summed E-state index contributed by atoms with van der Waals surface area (Å²) >= 11 is 1.36. The molecular formula is C23H27N3O4S. The summed E-state index contributed by atoms with van der Waals surface area (Å²) in [6, 6.07) is 7.67. The fraction of sp³-hybridized carbons (Fsp3) is 0.348. The average molecular weight is 442 g/mol. The Morgan fingerprint density at radius 3 is 2.65 bits per heavy atom. The van der Waals surface area contributed by atoms with Gasteiger partial charge in [-0.25, -0.2) is 9.97 Å². The van der Waals surface area contributed by atoms with E-state index in [9.17, 15) is 4.79 Å². The highest BCUT2D eigenvalue weighted by atomic mass is 32.2. The highest BCUT2D eigenvalue weighted by molar-refractivity contribution is 8.01. The van der Waals surface area contributed by atoms with Crippen molar-refractivity contribution in [3.8, 4) is 11.5 Å². The molecule has 3 heterocycles. The van der Waals surface area contributed by atoms with Gasteiger partial charge in [0, 0.05) is 26.0 Å². The van der Waals surface area contributed by atoms with Gasteiger partial charge in [-0.3, -0.25) is 4.79 Å². The van der Waals surface area contributed by atoms with E-state index >= 15 is 0 Å². The minimum absolute atomic E-state index is 0.521. The molecule has 164 valence electrons. The molecule has 7 nitrogen and oxygen atoms in total. The Hall–Kier alpha value is -3.00. The number of carbonyl (C=O) groups is 1. The van der Waals surface area contributed by atoms with Gasteiger partial charge in [0.15, 0.2) is 0 Å². The molecule has 0 saturated heterocycles. The van der Waals surface area contributed by atoms with Gasteiger partial charge < -0.3 is 18.8 Å². The number of furan rings is 1. The van der Waals surface area contributed by atoms with E-state index < -0.39 is 10.7 Å². The largest absolute Gasteiger partial charge is 0.480 e. The summed E-state index contributed by atoms with van der Waals surface area (Å²) < 4.78 is 10.9. The van der Waals surface area contributed by atoms with Gasteiger partial charge in [-0.05, 0) is 51.1 Å². The second kappa shape index (κ2) is 9.43. The van der Waals surface area contributed by atoms with Gasteiger partial charge >= 0.3 is 5.97 Å². The van der Waals surface area contributed by atoms with Crippen LogP contribution in [0.15, 0.2) is 45.4 Å². The Morgan fingerprint density at radius 2 is 2.00 bits per heavy atom. The number of aryl methyl sites for hydroxylation is 1. The van der Waals surface area contributed by atoms with E-state index in [2.05, 4.69) is 9.97 Å². The van der Waals surface area contributed by atoms with E-state index in [4.69, 9.17) is 13.9 Å². The Morgan fingerprint density at radius 1 is 1.23 bits per heavy atom. The summed E-state index contributed by atoms with van der Waals surface area (Å²) in [4.78, 5) is 22.1. The molecule has 0 atom stereocenters. The lowest BCUT2D eigenvalue weighted by Gasteiger charge is -2.16. The Balaban J connectivity index is 1.63. The lowest BCUT2D eigenvalue weighted by Crippen LogP contribution is -2.27. The number of anilines is 1. The maximum absolute atomic E-state index is 11.1. The van der Waals surface area contributed by atoms with Gasteiger partial charge in [-0.2, -0.15) is 0 Å². The molecule has 0 unspecified atom stereocenters. The smallest absolute Gasteiger partial charge is 0.319 e. The Labute approximate surface area is 186 Å². The molecule has 31 heavy (non-hydrogen) atoms. The molecule has 3 aromatic rings. The van der Waals surface area contributed by atoms with E-state index in [0.29, 0.717) is 23.8 Å². The SMILES string of the molecule is Cc1oc(-c2ccc(N(C)C)nc2)nc1Cc1ccc(/C=C/CSC(C)(C)C(=O)O)o1. The molecule has 0 bridgehead atoms. The molecule has 0 fully saturated rings. The van der Waals surface area contributed by atoms with Crippen molar-refractivity contribution in [2.75, 3.05) is 24.7 Å². The first-order valence-corrected chi connectivity index (χ1v) is 10.9. The summed E-state index contributed by atoms with van der Waals surface area (Å²) in [5, 5.41) is 9.15. The van der Waals surface area contributed by atoms with Gasteiger partial charge in [0.25, 0.3) is 0 Å². The zero-order chi connectivity index (χ0) is 22.6. The number of aliphatic carboxylic acids is 1. The van der Waals surface area contributed by atoms with Gasteiger partial charge in [-0.15, -0.1) is 11.8 Å². The summed E-state index contributed by atoms with van der Waals surface area (Å²) in [6.07, 6.45) is 6.03. The first-order valence-electron chi connectivity index (χ1n) is 9.88. The van der Waals surface area contributed by atoms with Crippen LogP contribution in [0.2, 0.25) is 0 Å². The second-order valence-corrected chi connectivity index (χ2v) is 9.47. The molecule has 0 aliphatic carbocycles. The second-order valence-electron chi connectivity index (χ2n) is 7.83. The number of carboxylic acids is 1. The van der Waals surface area contributed by atoms with Crippen LogP contribution in [0.4, 0.5) is 5.82 Å². The van der Waals surface area contributed by atoms with Crippen molar-refractivity contribution in [2.24, 2.45) is 0 Å². The molecular weight excluding hydrogens is 414 g/mol. The molecule has 8 heteroatoms. The van der Waals surface area contributed by atoms with Crippen molar-refractivity contribution in [1.29, 1.82) is 0 Å². The van der Waals surface area contributed by atoms with Crippen LogP contribution in [0.3, 0.4) is 0 Å². The predicted octanol–water partition coefficient (Wildman–Crippen LogP) is 4.90. The van der Waals surface area contributed by atoms with Crippen LogP contribution in [-0.2, 0) is 11.2 Å². The van der Waals surface area contributed by atoms with Crippen LogP contribution < -0.4 is 4.90 Å². The molecule has 0 aliphatic heterocycles. The average Bonchev–Trinajstić information content (AvgIpc) is 3.32. The van der Waals surface area contributed by atoms with Gasteiger partial charge in [0.1, 0.15) is 27.8 Å². The Bertz CT molecular complexity index is 1060. The number of rotatable bonds is 9. The maximum atomic E-state index is 11.1. The predicted molar refractivity (Wildman–Crippen MR) is 124 cm³/mol. The number of nitrogens with zero attached hydrogens (tertiary/aromatic N) is 3. The van der Waals surface area contributed by atoms with Crippen LogP contribution in [0.5, 0.6) is 0 Å². The minimum atomic E-state index is -0.821. The van der Waals surface area contributed by atoms with Crippen molar-refractivity contribution < 1.29 is 18.7 Å². The van der Waals surface area contributed by atoms with Crippen LogP contribution in [-0.4, -0.2) is 45.6 Å². The van der Waals surface area contributed by atoms with E-state index in [-0.39, 0.29) is 0 Å². The molecule has 3 rings (SSSR count). The fourth-order valence-electron chi connectivity index (χ4n) is 2.72. The summed E-state index contributed by atoms with van der Waals surface area (Å²) in [5.74, 6) is 3.41. The summed E-state index contributed by atoms with van der Waals surface area (Å²) in [7, 11) is 3.88. The summed E-state index contributed by atoms with van der Waals surface area (Å²) in [6.45, 7) is 5.28. The minimum Gasteiger partial charge on any atom is -0.480 e. The standard InChI is InChI=1S/C23H27N3O4S/c1-15-19(25-21(29-15)16-8-11-20(24-14-16)26(4)5)13-18-10-9-17(30-18)7-6-12-31-23(2,3)22(27)28/h6-11,14H,12-13H2,1-5H3,(H,27,28)/b7-6+. The fourth-order valence-corrected chi connectivity index (χ4v) is 3.45. The molecule has 0 saturated carbocycles. The number of carboxylic acid groups (broad SMARTS) is 1. The van der Waals surface area contributed by atoms with Gasteiger partial charge in [0.2, 0.25) is 5.89 Å². The summed E-state index contributed by atoms with van der Waals surface area (Å²) in [5.41, 5.74) is 1.64. The number of hydrogen-bond acceptors (Lipinski definition) is 7. The van der Waals surface area contributed by atoms with E-state index in [0.717, 1.165) is 28.6 Å². The van der Waals surface area contributed by atoms with Crippen molar-refractivity contribution in [1.82, 2.24) is 9.97 Å². The Kier molecular flexibility index (Phi) is 6.90. The third kappa shape index (κ3) is 5.79. The molecule has 0 aromatic carbocycles. The quantitative estimate of drug-likeness (QED) is 0.501. The maximum Gasteiger partial charge on any atom is 0.319 e. The first kappa shape index (κ1) is 22.7. The first-order chi connectivity index (χ1) is 14.7. The monoisotopic (exact) mass is 441 g/mol. The van der Waals surface area contributed by atoms with Crippen molar-refractivity contribution in [3.63, 3.8) is 0 Å². The lowest BCUT2D eigenvalue weighted by molar-refractivity contribution is -0.138. The van der Waals surface area contributed by atoms with Gasteiger partial charge in [0.05, 0.1) is 17.7 Å². The highest BCUT2D eigenvalue weighted by Gasteiger charge is 2.26. The normalized spacial score (nSPS) is 11.9. The number of hydrogen-bond donors (Lipinski definition) is 1. The number of thioether (sulfide) groups is 1. The molecule has 0 radical (unpaired) electrons. The third-order valence-corrected chi connectivity index (χ3v) is 5.96.